The molecule has 34 heavy (non-hydrogen) atoms. The highest BCUT2D eigenvalue weighted by Gasteiger charge is 2.36. The first-order valence-corrected chi connectivity index (χ1v) is 12.0. The molecule has 0 unspecified atom stereocenters. The molecule has 0 radical (unpaired) electrons. The lowest BCUT2D eigenvalue weighted by Crippen LogP contribution is -2.36. The number of carbonyl (C=O) groups excluding carboxylic acids is 3. The minimum absolute atomic E-state index is 0.108. The predicted molar refractivity (Wildman–Crippen MR) is 126 cm³/mol. The Kier molecular flexibility index (Phi) is 6.01. The average Bonchev–Trinajstić information content (AvgIpc) is 3.63. The van der Waals surface area contributed by atoms with E-state index in [2.05, 4.69) is 27.9 Å². The van der Waals surface area contributed by atoms with Crippen molar-refractivity contribution in [3.8, 4) is 11.1 Å². The zero-order valence-corrected chi connectivity index (χ0v) is 19.3. The second-order valence-electron chi connectivity index (χ2n) is 8.02. The SMILES string of the molecule is C=C(NC(=O)C(=C)N1Cc2c(cccc2-c2ccc(NS(=O)(=O)C3CC3)cc2)C1=O)C(=O)OC. The maximum atomic E-state index is 13.0. The molecule has 4 rings (SSSR count). The number of fused-ring (bicyclic) bond motifs is 1. The molecule has 2 aromatic rings. The number of methoxy groups -OCH3 is 1. The monoisotopic (exact) mass is 481 g/mol. The molecule has 176 valence electrons. The number of carbonyl (C=O) groups is 3. The molecule has 0 bridgehead atoms. The van der Waals surface area contributed by atoms with Crippen molar-refractivity contribution in [2.75, 3.05) is 11.8 Å². The summed E-state index contributed by atoms with van der Waals surface area (Å²) >= 11 is 0. The Bertz CT molecular complexity index is 1330. The van der Waals surface area contributed by atoms with E-state index in [1.165, 1.54) is 4.90 Å². The molecule has 1 aliphatic carbocycles. The van der Waals surface area contributed by atoms with Crippen LogP contribution < -0.4 is 10.0 Å². The fourth-order valence-electron chi connectivity index (χ4n) is 3.67. The van der Waals surface area contributed by atoms with E-state index in [9.17, 15) is 22.8 Å². The molecule has 10 heteroatoms. The van der Waals surface area contributed by atoms with Crippen molar-refractivity contribution in [3.05, 3.63) is 78.1 Å². The molecule has 2 aliphatic rings. The van der Waals surface area contributed by atoms with Crippen molar-refractivity contribution in [1.29, 1.82) is 0 Å². The van der Waals surface area contributed by atoms with Crippen LogP contribution in [0.25, 0.3) is 11.1 Å². The molecule has 2 aromatic carbocycles. The number of rotatable bonds is 8. The minimum Gasteiger partial charge on any atom is -0.464 e. The van der Waals surface area contributed by atoms with Gasteiger partial charge >= 0.3 is 5.97 Å². The second kappa shape index (κ2) is 8.79. The summed E-state index contributed by atoms with van der Waals surface area (Å²) in [5, 5.41) is 1.96. The largest absolute Gasteiger partial charge is 0.464 e. The summed E-state index contributed by atoms with van der Waals surface area (Å²) in [7, 11) is -2.20. The van der Waals surface area contributed by atoms with Gasteiger partial charge in [-0.3, -0.25) is 19.2 Å². The summed E-state index contributed by atoms with van der Waals surface area (Å²) in [6.07, 6.45) is 1.35. The van der Waals surface area contributed by atoms with E-state index in [0.717, 1.165) is 18.2 Å². The van der Waals surface area contributed by atoms with Crippen molar-refractivity contribution in [2.24, 2.45) is 0 Å². The third kappa shape index (κ3) is 4.44. The third-order valence-corrected chi connectivity index (χ3v) is 7.54. The number of nitrogens with zero attached hydrogens (tertiary/aromatic N) is 1. The first kappa shape index (κ1) is 23.2. The fourth-order valence-corrected chi connectivity index (χ4v) is 5.06. The van der Waals surface area contributed by atoms with Crippen LogP contribution in [0.2, 0.25) is 0 Å². The van der Waals surface area contributed by atoms with Gasteiger partial charge in [-0.15, -0.1) is 0 Å². The first-order valence-electron chi connectivity index (χ1n) is 10.5. The lowest BCUT2D eigenvalue weighted by molar-refractivity contribution is -0.137. The number of ether oxygens (including phenoxy) is 1. The molecule has 1 fully saturated rings. The second-order valence-corrected chi connectivity index (χ2v) is 9.98. The zero-order valence-electron chi connectivity index (χ0n) is 18.5. The van der Waals surface area contributed by atoms with Crippen LogP contribution in [0.1, 0.15) is 28.8 Å². The third-order valence-electron chi connectivity index (χ3n) is 5.67. The van der Waals surface area contributed by atoms with Crippen LogP contribution in [0.4, 0.5) is 5.69 Å². The lowest BCUT2D eigenvalue weighted by atomic mass is 9.97. The lowest BCUT2D eigenvalue weighted by Gasteiger charge is -2.18. The van der Waals surface area contributed by atoms with Crippen LogP contribution in [-0.4, -0.2) is 43.5 Å². The van der Waals surface area contributed by atoms with E-state index in [-0.39, 0.29) is 23.2 Å². The number of hydrogen-bond donors (Lipinski definition) is 2. The van der Waals surface area contributed by atoms with E-state index in [1.807, 2.05) is 6.07 Å². The molecule has 0 aromatic heterocycles. The van der Waals surface area contributed by atoms with Gasteiger partial charge in [0.15, 0.2) is 0 Å². The molecule has 2 N–H and O–H groups in total. The van der Waals surface area contributed by atoms with Gasteiger partial charge in [-0.2, -0.15) is 0 Å². The number of benzene rings is 2. The molecule has 1 heterocycles. The summed E-state index contributed by atoms with van der Waals surface area (Å²) in [5.41, 5.74) is 2.76. The molecule has 1 saturated carbocycles. The standard InChI is InChI=1S/C24H23N3O6S/c1-14(24(30)33-3)25-22(28)15(2)27-13-21-19(5-4-6-20(21)23(27)29)16-7-9-17(10-8-16)26-34(31,32)18-11-12-18/h4-10,18,26H,1-2,11-13H2,3H3,(H,25,28). The summed E-state index contributed by atoms with van der Waals surface area (Å²) in [5.74, 6) is -1.94. The summed E-state index contributed by atoms with van der Waals surface area (Å²) < 4.78 is 31.4. The summed E-state index contributed by atoms with van der Waals surface area (Å²) in [6.45, 7) is 7.25. The molecule has 0 saturated heterocycles. The average molecular weight is 482 g/mol. The molecular weight excluding hydrogens is 458 g/mol. The zero-order chi connectivity index (χ0) is 24.6. The van der Waals surface area contributed by atoms with Crippen molar-refractivity contribution < 1.29 is 27.5 Å². The van der Waals surface area contributed by atoms with Gasteiger partial charge in [-0.25, -0.2) is 13.2 Å². The number of anilines is 1. The highest BCUT2D eigenvalue weighted by atomic mass is 32.2. The van der Waals surface area contributed by atoms with Gasteiger partial charge in [0.2, 0.25) is 10.0 Å². The quantitative estimate of drug-likeness (QED) is 0.441. The molecule has 2 amide bonds. The maximum absolute atomic E-state index is 13.0. The predicted octanol–water partition coefficient (Wildman–Crippen LogP) is 2.53. The number of hydrogen-bond acceptors (Lipinski definition) is 6. The Morgan fingerprint density at radius 2 is 1.71 bits per heavy atom. The Morgan fingerprint density at radius 1 is 1.06 bits per heavy atom. The summed E-state index contributed by atoms with van der Waals surface area (Å²) in [6, 6.07) is 12.1. The van der Waals surface area contributed by atoms with Gasteiger partial charge in [0, 0.05) is 11.3 Å². The molecule has 1 aliphatic heterocycles. The molecular formula is C24H23N3O6S. The topological polar surface area (TPSA) is 122 Å². The van der Waals surface area contributed by atoms with E-state index < -0.39 is 27.8 Å². The Labute approximate surface area is 197 Å². The van der Waals surface area contributed by atoms with Crippen LogP contribution in [0.15, 0.2) is 67.0 Å². The number of esters is 1. The minimum atomic E-state index is -3.36. The smallest absolute Gasteiger partial charge is 0.353 e. The number of sulfonamides is 1. The van der Waals surface area contributed by atoms with Gasteiger partial charge in [0.05, 0.1) is 18.9 Å². The fraction of sp³-hybridized carbons (Fsp3) is 0.208. The Morgan fingerprint density at radius 3 is 2.32 bits per heavy atom. The highest BCUT2D eigenvalue weighted by Crippen LogP contribution is 2.35. The molecule has 9 nitrogen and oxygen atoms in total. The van der Waals surface area contributed by atoms with Gasteiger partial charge in [0.25, 0.3) is 11.8 Å². The maximum Gasteiger partial charge on any atom is 0.353 e. The first-order chi connectivity index (χ1) is 16.1. The molecule has 0 spiro atoms. The van der Waals surface area contributed by atoms with E-state index in [0.29, 0.717) is 29.7 Å². The van der Waals surface area contributed by atoms with Crippen molar-refractivity contribution >= 4 is 33.5 Å². The molecule has 0 atom stereocenters. The van der Waals surface area contributed by atoms with E-state index in [1.54, 1.807) is 36.4 Å². The van der Waals surface area contributed by atoms with Gasteiger partial charge in [-0.1, -0.05) is 37.4 Å². The highest BCUT2D eigenvalue weighted by molar-refractivity contribution is 7.93. The number of amides is 2. The Hall–Kier alpha value is -3.92. The van der Waals surface area contributed by atoms with Crippen molar-refractivity contribution in [1.82, 2.24) is 10.2 Å². The van der Waals surface area contributed by atoms with E-state index >= 15 is 0 Å². The van der Waals surface area contributed by atoms with Crippen LogP contribution in [0.5, 0.6) is 0 Å². The Balaban J connectivity index is 1.53. The van der Waals surface area contributed by atoms with Crippen LogP contribution in [-0.2, 0) is 30.9 Å². The van der Waals surface area contributed by atoms with Gasteiger partial charge in [-0.05, 0) is 47.7 Å². The van der Waals surface area contributed by atoms with Gasteiger partial charge in [0.1, 0.15) is 11.4 Å². The van der Waals surface area contributed by atoms with Crippen molar-refractivity contribution in [3.63, 3.8) is 0 Å². The van der Waals surface area contributed by atoms with Crippen LogP contribution >= 0.6 is 0 Å². The van der Waals surface area contributed by atoms with E-state index in [4.69, 9.17) is 0 Å². The normalized spacial score (nSPS) is 14.9. The van der Waals surface area contributed by atoms with Crippen LogP contribution in [0, 0.1) is 0 Å². The van der Waals surface area contributed by atoms with Crippen molar-refractivity contribution in [2.45, 2.75) is 24.6 Å². The number of nitrogens with one attached hydrogen (secondary N) is 2. The van der Waals surface area contributed by atoms with Crippen LogP contribution in [0.3, 0.4) is 0 Å². The summed E-state index contributed by atoms with van der Waals surface area (Å²) in [4.78, 5) is 38.2. The van der Waals surface area contributed by atoms with Gasteiger partial charge < -0.3 is 10.1 Å².